The van der Waals surface area contributed by atoms with Crippen molar-refractivity contribution in [2.24, 2.45) is 17.3 Å². The molecule has 0 radical (unpaired) electrons. The van der Waals surface area contributed by atoms with Crippen LogP contribution in [0.25, 0.3) is 0 Å². The molecular weight excluding hydrogens is 184 g/mol. The van der Waals surface area contributed by atoms with Crippen molar-refractivity contribution in [1.29, 1.82) is 0 Å². The van der Waals surface area contributed by atoms with Crippen molar-refractivity contribution in [2.45, 2.75) is 33.6 Å². The average molecular weight is 210 g/mol. The van der Waals surface area contributed by atoms with E-state index in [9.17, 15) is 0 Å². The molecule has 2 saturated heterocycles. The Hall–Kier alpha value is -0.0800. The number of hydrogen-bond donors (Lipinski definition) is 1. The van der Waals surface area contributed by atoms with E-state index in [-0.39, 0.29) is 0 Å². The van der Waals surface area contributed by atoms with Crippen LogP contribution in [-0.2, 0) is 0 Å². The van der Waals surface area contributed by atoms with Crippen LogP contribution in [0.1, 0.15) is 33.6 Å². The second-order valence-electron chi connectivity index (χ2n) is 6.47. The van der Waals surface area contributed by atoms with Crippen LogP contribution in [-0.4, -0.2) is 37.6 Å². The minimum Gasteiger partial charge on any atom is -0.316 e. The molecule has 2 heterocycles. The molecule has 2 fully saturated rings. The van der Waals surface area contributed by atoms with E-state index in [1.165, 1.54) is 45.6 Å². The molecule has 0 unspecified atom stereocenters. The van der Waals surface area contributed by atoms with Gasteiger partial charge in [0.1, 0.15) is 0 Å². The maximum atomic E-state index is 3.36. The third kappa shape index (κ3) is 2.94. The topological polar surface area (TPSA) is 15.3 Å². The third-order valence-corrected chi connectivity index (χ3v) is 4.19. The Bertz CT molecular complexity index is 195. The Balaban J connectivity index is 1.71. The highest BCUT2D eigenvalue weighted by molar-refractivity contribution is 4.84. The van der Waals surface area contributed by atoms with Crippen LogP contribution in [0.5, 0.6) is 0 Å². The molecule has 0 atom stereocenters. The summed E-state index contributed by atoms with van der Waals surface area (Å²) in [6.07, 6.45) is 2.81. The van der Waals surface area contributed by atoms with Crippen LogP contribution < -0.4 is 5.32 Å². The van der Waals surface area contributed by atoms with Gasteiger partial charge in [0.05, 0.1) is 0 Å². The van der Waals surface area contributed by atoms with E-state index in [1.807, 2.05) is 0 Å². The van der Waals surface area contributed by atoms with Crippen molar-refractivity contribution in [3.05, 3.63) is 0 Å². The molecule has 0 spiro atoms. The van der Waals surface area contributed by atoms with Crippen LogP contribution in [0.15, 0.2) is 0 Å². The van der Waals surface area contributed by atoms with E-state index < -0.39 is 0 Å². The molecule has 0 aliphatic carbocycles. The Morgan fingerprint density at radius 2 is 1.73 bits per heavy atom. The summed E-state index contributed by atoms with van der Waals surface area (Å²) >= 11 is 0. The number of nitrogens with one attached hydrogen (secondary N) is 1. The minimum atomic E-state index is 0.518. The summed E-state index contributed by atoms with van der Waals surface area (Å²) < 4.78 is 0. The fourth-order valence-electron chi connectivity index (χ4n) is 2.82. The summed E-state index contributed by atoms with van der Waals surface area (Å²) in [5.41, 5.74) is 0.518. The molecule has 2 rings (SSSR count). The van der Waals surface area contributed by atoms with Gasteiger partial charge in [0, 0.05) is 19.6 Å². The number of piperidine rings is 1. The maximum absolute atomic E-state index is 3.36. The van der Waals surface area contributed by atoms with Gasteiger partial charge in [-0.1, -0.05) is 20.8 Å². The molecule has 2 aliphatic heterocycles. The second kappa shape index (κ2) is 4.42. The van der Waals surface area contributed by atoms with Gasteiger partial charge >= 0.3 is 0 Å². The summed E-state index contributed by atoms with van der Waals surface area (Å²) in [7, 11) is 0. The number of rotatable bonds is 2. The Kier molecular flexibility index (Phi) is 3.36. The Morgan fingerprint density at radius 3 is 2.13 bits per heavy atom. The first-order chi connectivity index (χ1) is 7.05. The first kappa shape index (κ1) is 11.4. The molecular formula is C13H26N2. The summed E-state index contributed by atoms with van der Waals surface area (Å²) in [5, 5.41) is 3.36. The van der Waals surface area contributed by atoms with E-state index in [4.69, 9.17) is 0 Å². The van der Waals surface area contributed by atoms with E-state index in [0.29, 0.717) is 5.41 Å². The van der Waals surface area contributed by atoms with Crippen molar-refractivity contribution in [3.8, 4) is 0 Å². The Labute approximate surface area is 94.4 Å². The minimum absolute atomic E-state index is 0.518. The molecule has 0 amide bonds. The van der Waals surface area contributed by atoms with Crippen LogP contribution in [0.3, 0.4) is 0 Å². The van der Waals surface area contributed by atoms with Crippen LogP contribution in [0.2, 0.25) is 0 Å². The number of hydrogen-bond acceptors (Lipinski definition) is 2. The van der Waals surface area contributed by atoms with Gasteiger partial charge < -0.3 is 10.2 Å². The smallest absolute Gasteiger partial charge is 0.00340 e. The predicted octanol–water partition coefficient (Wildman–Crippen LogP) is 1.96. The van der Waals surface area contributed by atoms with Crippen molar-refractivity contribution in [3.63, 3.8) is 0 Å². The van der Waals surface area contributed by atoms with Gasteiger partial charge in [-0.2, -0.15) is 0 Å². The van der Waals surface area contributed by atoms with E-state index >= 15 is 0 Å². The van der Waals surface area contributed by atoms with Crippen LogP contribution in [0.4, 0.5) is 0 Å². The van der Waals surface area contributed by atoms with E-state index in [0.717, 1.165) is 11.8 Å². The zero-order valence-corrected chi connectivity index (χ0v) is 10.6. The largest absolute Gasteiger partial charge is 0.316 e. The van der Waals surface area contributed by atoms with Gasteiger partial charge in [0.15, 0.2) is 0 Å². The standard InChI is InChI=1S/C13H26N2/c1-13(2,3)12-4-6-15(7-5-12)10-11-8-14-9-11/h11-12,14H,4-10H2,1-3H3. The molecule has 0 saturated carbocycles. The van der Waals surface area contributed by atoms with Crippen LogP contribution >= 0.6 is 0 Å². The van der Waals surface area contributed by atoms with Gasteiger partial charge in [-0.05, 0) is 43.2 Å². The SMILES string of the molecule is CC(C)(C)C1CCN(CC2CNC2)CC1. The first-order valence-electron chi connectivity index (χ1n) is 6.49. The summed E-state index contributed by atoms with van der Waals surface area (Å²) in [4.78, 5) is 2.67. The lowest BCUT2D eigenvalue weighted by molar-refractivity contribution is 0.0926. The lowest BCUT2D eigenvalue weighted by Crippen LogP contribution is -2.50. The van der Waals surface area contributed by atoms with Gasteiger partial charge in [0.25, 0.3) is 0 Å². The molecule has 0 aromatic rings. The van der Waals surface area contributed by atoms with E-state index in [2.05, 4.69) is 31.0 Å². The lowest BCUT2D eigenvalue weighted by Gasteiger charge is -2.41. The van der Waals surface area contributed by atoms with E-state index in [1.54, 1.807) is 0 Å². The number of nitrogens with zero attached hydrogens (tertiary/aromatic N) is 1. The van der Waals surface area contributed by atoms with Gasteiger partial charge in [0.2, 0.25) is 0 Å². The molecule has 0 aromatic carbocycles. The summed E-state index contributed by atoms with van der Waals surface area (Å²) in [6.45, 7) is 13.7. The highest BCUT2D eigenvalue weighted by Crippen LogP contribution is 2.34. The molecule has 2 aliphatic rings. The molecule has 0 aromatic heterocycles. The zero-order valence-electron chi connectivity index (χ0n) is 10.6. The fourth-order valence-corrected chi connectivity index (χ4v) is 2.82. The molecule has 1 N–H and O–H groups in total. The highest BCUT2D eigenvalue weighted by Gasteiger charge is 2.30. The van der Waals surface area contributed by atoms with Gasteiger partial charge in [-0.25, -0.2) is 0 Å². The first-order valence-corrected chi connectivity index (χ1v) is 6.49. The monoisotopic (exact) mass is 210 g/mol. The quantitative estimate of drug-likeness (QED) is 0.749. The Morgan fingerprint density at radius 1 is 1.13 bits per heavy atom. The summed E-state index contributed by atoms with van der Waals surface area (Å²) in [5.74, 6) is 1.88. The van der Waals surface area contributed by atoms with Gasteiger partial charge in [-0.15, -0.1) is 0 Å². The molecule has 88 valence electrons. The normalized spacial score (nSPS) is 26.6. The number of likely N-dealkylation sites (tertiary alicyclic amines) is 1. The second-order valence-corrected chi connectivity index (χ2v) is 6.47. The average Bonchev–Trinajstić information content (AvgIpc) is 2.11. The van der Waals surface area contributed by atoms with Crippen molar-refractivity contribution < 1.29 is 0 Å². The molecule has 2 heteroatoms. The molecule has 15 heavy (non-hydrogen) atoms. The van der Waals surface area contributed by atoms with Crippen LogP contribution in [0, 0.1) is 17.3 Å². The zero-order chi connectivity index (χ0) is 10.9. The lowest BCUT2D eigenvalue weighted by atomic mass is 9.75. The highest BCUT2D eigenvalue weighted by atomic mass is 15.1. The third-order valence-electron chi connectivity index (χ3n) is 4.19. The fraction of sp³-hybridized carbons (Fsp3) is 1.00. The van der Waals surface area contributed by atoms with Crippen molar-refractivity contribution in [1.82, 2.24) is 10.2 Å². The van der Waals surface area contributed by atoms with Crippen molar-refractivity contribution >= 4 is 0 Å². The molecule has 0 bridgehead atoms. The summed E-state index contributed by atoms with van der Waals surface area (Å²) in [6, 6.07) is 0. The van der Waals surface area contributed by atoms with Gasteiger partial charge in [-0.3, -0.25) is 0 Å². The van der Waals surface area contributed by atoms with Crippen molar-refractivity contribution in [2.75, 3.05) is 32.7 Å². The maximum Gasteiger partial charge on any atom is 0.00340 e. The predicted molar refractivity (Wildman–Crippen MR) is 65.0 cm³/mol. The molecule has 2 nitrogen and oxygen atoms in total.